The number of fused-ring (bicyclic) bond motifs is 5. The van der Waals surface area contributed by atoms with E-state index in [0.29, 0.717) is 5.92 Å². The van der Waals surface area contributed by atoms with E-state index >= 15 is 0 Å². The third kappa shape index (κ3) is 1.71. The molecule has 3 rings (SSSR count). The van der Waals surface area contributed by atoms with E-state index in [1.54, 1.807) is 6.92 Å². The average molecular weight is 250 g/mol. The van der Waals surface area contributed by atoms with Crippen molar-refractivity contribution in [2.75, 3.05) is 0 Å². The molecule has 18 heavy (non-hydrogen) atoms. The third-order valence-corrected chi connectivity index (χ3v) is 6.29. The zero-order chi connectivity index (χ0) is 12.9. The monoisotopic (exact) mass is 250 g/mol. The van der Waals surface area contributed by atoms with Crippen LogP contribution in [0.3, 0.4) is 0 Å². The molecule has 5 unspecified atom stereocenters. The first-order valence-electron chi connectivity index (χ1n) is 7.75. The third-order valence-electron chi connectivity index (χ3n) is 6.29. The van der Waals surface area contributed by atoms with Crippen molar-refractivity contribution in [2.24, 2.45) is 29.6 Å². The van der Waals surface area contributed by atoms with Crippen molar-refractivity contribution in [2.45, 2.75) is 64.9 Å². The molecular formula is C16H26O2. The first kappa shape index (κ1) is 12.5. The normalized spacial score (nSPS) is 47.1. The summed E-state index contributed by atoms with van der Waals surface area (Å²) in [4.78, 5) is 11.5. The summed E-state index contributed by atoms with van der Waals surface area (Å²) in [5, 5.41) is 0. The zero-order valence-electron chi connectivity index (χ0n) is 11.9. The highest BCUT2D eigenvalue weighted by molar-refractivity contribution is 5.66. The Morgan fingerprint density at radius 3 is 2.28 bits per heavy atom. The molecule has 0 saturated heterocycles. The SMILES string of the molecule is CCC(C)C1(OC(C)=O)CC2C3CCC(C3)C2C1. The molecule has 3 fully saturated rings. The molecule has 3 aliphatic carbocycles. The van der Waals surface area contributed by atoms with Crippen LogP contribution in [0.15, 0.2) is 0 Å². The van der Waals surface area contributed by atoms with E-state index in [0.717, 1.165) is 42.9 Å². The van der Waals surface area contributed by atoms with E-state index in [1.165, 1.54) is 19.3 Å². The van der Waals surface area contributed by atoms with Crippen molar-refractivity contribution in [3.63, 3.8) is 0 Å². The van der Waals surface area contributed by atoms with Crippen LogP contribution >= 0.6 is 0 Å². The maximum Gasteiger partial charge on any atom is 0.303 e. The summed E-state index contributed by atoms with van der Waals surface area (Å²) in [7, 11) is 0. The lowest BCUT2D eigenvalue weighted by molar-refractivity contribution is -0.163. The number of esters is 1. The van der Waals surface area contributed by atoms with Crippen LogP contribution in [0.5, 0.6) is 0 Å². The average Bonchev–Trinajstić information content (AvgIpc) is 2.96. The van der Waals surface area contributed by atoms with Crippen molar-refractivity contribution in [1.29, 1.82) is 0 Å². The number of carbonyl (C=O) groups excluding carboxylic acids is 1. The fourth-order valence-electron chi connectivity index (χ4n) is 5.29. The number of hydrogen-bond donors (Lipinski definition) is 0. The fourth-order valence-corrected chi connectivity index (χ4v) is 5.29. The van der Waals surface area contributed by atoms with Gasteiger partial charge in [0.15, 0.2) is 0 Å². The molecule has 0 aromatic carbocycles. The topological polar surface area (TPSA) is 26.3 Å². The Morgan fingerprint density at radius 1 is 1.28 bits per heavy atom. The first-order chi connectivity index (χ1) is 8.55. The Kier molecular flexibility index (Phi) is 2.95. The van der Waals surface area contributed by atoms with Crippen LogP contribution in [0.1, 0.15) is 59.3 Å². The quantitative estimate of drug-likeness (QED) is 0.712. The highest BCUT2D eigenvalue weighted by atomic mass is 16.6. The van der Waals surface area contributed by atoms with Gasteiger partial charge in [0, 0.05) is 6.92 Å². The van der Waals surface area contributed by atoms with Crippen molar-refractivity contribution in [3.05, 3.63) is 0 Å². The molecule has 3 saturated carbocycles. The van der Waals surface area contributed by atoms with Gasteiger partial charge in [-0.05, 0) is 68.1 Å². The molecule has 3 aliphatic rings. The number of ether oxygens (including phenoxy) is 1. The highest BCUT2D eigenvalue weighted by Crippen LogP contribution is 2.63. The summed E-state index contributed by atoms with van der Waals surface area (Å²) < 4.78 is 5.87. The van der Waals surface area contributed by atoms with Gasteiger partial charge in [-0.3, -0.25) is 4.79 Å². The van der Waals surface area contributed by atoms with Gasteiger partial charge in [-0.2, -0.15) is 0 Å². The van der Waals surface area contributed by atoms with Crippen molar-refractivity contribution >= 4 is 5.97 Å². The van der Waals surface area contributed by atoms with Crippen LogP contribution in [0, 0.1) is 29.6 Å². The molecule has 0 N–H and O–H groups in total. The largest absolute Gasteiger partial charge is 0.459 e. The van der Waals surface area contributed by atoms with Crippen molar-refractivity contribution in [1.82, 2.24) is 0 Å². The molecule has 0 radical (unpaired) electrons. The van der Waals surface area contributed by atoms with E-state index in [9.17, 15) is 4.79 Å². The number of hydrogen-bond acceptors (Lipinski definition) is 2. The zero-order valence-corrected chi connectivity index (χ0v) is 11.9. The molecule has 0 aliphatic heterocycles. The summed E-state index contributed by atoms with van der Waals surface area (Å²) in [5.74, 6) is 4.03. The van der Waals surface area contributed by atoms with Gasteiger partial charge in [0.2, 0.25) is 0 Å². The van der Waals surface area contributed by atoms with Crippen molar-refractivity contribution < 1.29 is 9.53 Å². The lowest BCUT2D eigenvalue weighted by Gasteiger charge is -2.35. The summed E-state index contributed by atoms with van der Waals surface area (Å²) in [6, 6.07) is 0. The van der Waals surface area contributed by atoms with Gasteiger partial charge >= 0.3 is 5.97 Å². The predicted molar refractivity (Wildman–Crippen MR) is 71.0 cm³/mol. The Bertz CT molecular complexity index is 331. The van der Waals surface area contributed by atoms with Crippen LogP contribution in [0.25, 0.3) is 0 Å². The second-order valence-corrected chi connectivity index (χ2v) is 7.04. The van der Waals surface area contributed by atoms with Gasteiger partial charge < -0.3 is 4.74 Å². The molecule has 2 bridgehead atoms. The molecule has 0 aromatic rings. The van der Waals surface area contributed by atoms with Gasteiger partial charge in [0.25, 0.3) is 0 Å². The summed E-state index contributed by atoms with van der Waals surface area (Å²) in [6.45, 7) is 6.07. The van der Waals surface area contributed by atoms with E-state index in [-0.39, 0.29) is 11.6 Å². The minimum atomic E-state index is -0.128. The molecule has 2 nitrogen and oxygen atoms in total. The summed E-state index contributed by atoms with van der Waals surface area (Å²) >= 11 is 0. The van der Waals surface area contributed by atoms with E-state index < -0.39 is 0 Å². The number of rotatable bonds is 3. The maximum atomic E-state index is 11.5. The van der Waals surface area contributed by atoms with Gasteiger partial charge in [0.05, 0.1) is 0 Å². The molecule has 0 aromatic heterocycles. The lowest BCUT2D eigenvalue weighted by Crippen LogP contribution is -2.39. The van der Waals surface area contributed by atoms with Crippen LogP contribution < -0.4 is 0 Å². The molecule has 2 heteroatoms. The standard InChI is InChI=1S/C16H26O2/c1-4-10(2)16(18-11(3)17)8-14-12-5-6-13(7-12)15(14)9-16/h10,12-15H,4-9H2,1-3H3. The smallest absolute Gasteiger partial charge is 0.303 e. The minimum Gasteiger partial charge on any atom is -0.459 e. The van der Waals surface area contributed by atoms with E-state index in [4.69, 9.17) is 4.74 Å². The van der Waals surface area contributed by atoms with E-state index in [2.05, 4.69) is 13.8 Å². The molecule has 0 heterocycles. The van der Waals surface area contributed by atoms with Crippen molar-refractivity contribution in [3.8, 4) is 0 Å². The number of carbonyl (C=O) groups is 1. The van der Waals surface area contributed by atoms with Crippen LogP contribution in [-0.2, 0) is 9.53 Å². The minimum absolute atomic E-state index is 0.0809. The van der Waals surface area contributed by atoms with Crippen LogP contribution in [-0.4, -0.2) is 11.6 Å². The Balaban J connectivity index is 1.83. The van der Waals surface area contributed by atoms with E-state index in [1.807, 2.05) is 0 Å². The second-order valence-electron chi connectivity index (χ2n) is 7.04. The van der Waals surface area contributed by atoms with Gasteiger partial charge in [-0.25, -0.2) is 0 Å². The molecule has 102 valence electrons. The fraction of sp³-hybridized carbons (Fsp3) is 0.938. The Hall–Kier alpha value is -0.530. The molecule has 0 amide bonds. The Labute approximate surface area is 110 Å². The van der Waals surface area contributed by atoms with Gasteiger partial charge in [0.1, 0.15) is 5.60 Å². The molecular weight excluding hydrogens is 224 g/mol. The van der Waals surface area contributed by atoms with Gasteiger partial charge in [-0.15, -0.1) is 0 Å². The summed E-state index contributed by atoms with van der Waals surface area (Å²) in [6.07, 6.45) is 7.74. The van der Waals surface area contributed by atoms with Gasteiger partial charge in [-0.1, -0.05) is 13.8 Å². The van der Waals surface area contributed by atoms with Crippen LogP contribution in [0.4, 0.5) is 0 Å². The predicted octanol–water partition coefficient (Wildman–Crippen LogP) is 3.79. The molecule has 5 atom stereocenters. The second kappa shape index (κ2) is 4.25. The lowest BCUT2D eigenvalue weighted by atomic mass is 9.82. The van der Waals surface area contributed by atoms with Crippen LogP contribution in [0.2, 0.25) is 0 Å². The highest BCUT2D eigenvalue weighted by Gasteiger charge is 2.59. The Morgan fingerprint density at radius 2 is 1.83 bits per heavy atom. The maximum absolute atomic E-state index is 11.5. The first-order valence-corrected chi connectivity index (χ1v) is 7.75. The summed E-state index contributed by atoms with van der Waals surface area (Å²) in [5.41, 5.74) is -0.128. The molecule has 0 spiro atoms.